The largest absolute Gasteiger partial charge is 0.326 e. The maximum atomic E-state index is 11.7. The number of pyridine rings is 1. The molecule has 0 bridgehead atoms. The Morgan fingerprint density at radius 1 is 1.57 bits per heavy atom. The van der Waals surface area contributed by atoms with E-state index in [1.807, 2.05) is 6.07 Å². The summed E-state index contributed by atoms with van der Waals surface area (Å²) >= 11 is 3.32. The van der Waals surface area contributed by atoms with E-state index in [9.17, 15) is 4.79 Å². The maximum Gasteiger partial charge on any atom is 0.262 e. The molecule has 0 aromatic carbocycles. The number of hydrogen-bond donors (Lipinski definition) is 1. The van der Waals surface area contributed by atoms with Crippen LogP contribution >= 0.6 is 15.9 Å². The van der Waals surface area contributed by atoms with Gasteiger partial charge in [-0.15, -0.1) is 0 Å². The van der Waals surface area contributed by atoms with Gasteiger partial charge in [0.15, 0.2) is 5.65 Å². The van der Waals surface area contributed by atoms with Crippen LogP contribution in [-0.4, -0.2) is 9.38 Å². The lowest BCUT2D eigenvalue weighted by molar-refractivity contribution is 0.943. The van der Waals surface area contributed by atoms with Crippen LogP contribution in [0.3, 0.4) is 0 Å². The average Bonchev–Trinajstić information content (AvgIpc) is 2.20. The van der Waals surface area contributed by atoms with Gasteiger partial charge in [0, 0.05) is 24.5 Å². The second-order valence-corrected chi connectivity index (χ2v) is 3.70. The molecule has 0 aliphatic heterocycles. The fourth-order valence-electron chi connectivity index (χ4n) is 1.25. The summed E-state index contributed by atoms with van der Waals surface area (Å²) in [5.74, 6) is 0. The van der Waals surface area contributed by atoms with Crippen LogP contribution in [0.2, 0.25) is 0 Å². The molecular weight excluding hydrogens is 246 g/mol. The number of aromatic nitrogens is 2. The monoisotopic (exact) mass is 253 g/mol. The molecule has 0 saturated heterocycles. The van der Waals surface area contributed by atoms with Crippen molar-refractivity contribution in [3.05, 3.63) is 44.9 Å². The molecule has 0 atom stereocenters. The zero-order valence-electron chi connectivity index (χ0n) is 7.27. The first-order valence-corrected chi connectivity index (χ1v) is 4.88. The van der Waals surface area contributed by atoms with Crippen molar-refractivity contribution < 1.29 is 0 Å². The van der Waals surface area contributed by atoms with Gasteiger partial charge in [-0.05, 0) is 28.1 Å². The van der Waals surface area contributed by atoms with E-state index in [1.54, 1.807) is 12.3 Å². The Hall–Kier alpha value is -1.20. The lowest BCUT2D eigenvalue weighted by Gasteiger charge is -2.02. The normalized spacial score (nSPS) is 10.7. The number of fused-ring (bicyclic) bond motifs is 1. The Balaban J connectivity index is 2.91. The average molecular weight is 254 g/mol. The topological polar surface area (TPSA) is 60.4 Å². The van der Waals surface area contributed by atoms with Gasteiger partial charge in [-0.1, -0.05) is 0 Å². The van der Waals surface area contributed by atoms with Crippen LogP contribution < -0.4 is 11.3 Å². The van der Waals surface area contributed by atoms with E-state index in [4.69, 9.17) is 5.73 Å². The van der Waals surface area contributed by atoms with E-state index < -0.39 is 0 Å². The predicted molar refractivity (Wildman–Crippen MR) is 57.1 cm³/mol. The summed E-state index contributed by atoms with van der Waals surface area (Å²) in [7, 11) is 0. The Morgan fingerprint density at radius 2 is 2.36 bits per heavy atom. The van der Waals surface area contributed by atoms with E-state index in [-0.39, 0.29) is 12.1 Å². The fourth-order valence-corrected chi connectivity index (χ4v) is 1.70. The zero-order chi connectivity index (χ0) is 10.1. The third-order valence-electron chi connectivity index (χ3n) is 1.98. The molecule has 0 spiro atoms. The maximum absolute atomic E-state index is 11.7. The summed E-state index contributed by atoms with van der Waals surface area (Å²) in [4.78, 5) is 15.9. The van der Waals surface area contributed by atoms with E-state index in [0.717, 1.165) is 4.47 Å². The molecule has 0 aliphatic rings. The molecule has 5 heteroatoms. The Morgan fingerprint density at radius 3 is 3.07 bits per heavy atom. The Bertz CT molecular complexity index is 535. The van der Waals surface area contributed by atoms with Gasteiger partial charge in [-0.3, -0.25) is 9.20 Å². The molecule has 72 valence electrons. The van der Waals surface area contributed by atoms with Crippen LogP contribution in [-0.2, 0) is 6.54 Å². The first kappa shape index (κ1) is 9.36. The van der Waals surface area contributed by atoms with Crippen molar-refractivity contribution >= 4 is 21.6 Å². The summed E-state index contributed by atoms with van der Waals surface area (Å²) in [6.07, 6.45) is 3.19. The lowest BCUT2D eigenvalue weighted by Crippen LogP contribution is -2.21. The van der Waals surface area contributed by atoms with Crippen LogP contribution in [0.1, 0.15) is 5.56 Å². The number of nitrogens with two attached hydrogens (primary N) is 1. The molecule has 0 radical (unpaired) electrons. The highest BCUT2D eigenvalue weighted by Crippen LogP contribution is 2.13. The molecule has 0 aliphatic carbocycles. The van der Waals surface area contributed by atoms with Gasteiger partial charge in [0.2, 0.25) is 0 Å². The van der Waals surface area contributed by atoms with Gasteiger partial charge in [-0.25, -0.2) is 4.98 Å². The third-order valence-corrected chi connectivity index (χ3v) is 2.59. The van der Waals surface area contributed by atoms with Crippen LogP contribution in [0, 0.1) is 0 Å². The molecular formula is C9H8BrN3O. The van der Waals surface area contributed by atoms with Crippen molar-refractivity contribution in [1.82, 2.24) is 9.38 Å². The summed E-state index contributed by atoms with van der Waals surface area (Å²) < 4.78 is 2.27. The first-order valence-electron chi connectivity index (χ1n) is 4.09. The van der Waals surface area contributed by atoms with Crippen LogP contribution in [0.15, 0.2) is 33.8 Å². The zero-order valence-corrected chi connectivity index (χ0v) is 8.86. The van der Waals surface area contributed by atoms with Crippen molar-refractivity contribution in [2.75, 3.05) is 0 Å². The quantitative estimate of drug-likeness (QED) is 0.823. The van der Waals surface area contributed by atoms with Gasteiger partial charge in [0.25, 0.3) is 5.56 Å². The molecule has 0 amide bonds. The minimum atomic E-state index is -0.112. The number of rotatable bonds is 1. The van der Waals surface area contributed by atoms with Gasteiger partial charge in [0.1, 0.15) is 0 Å². The SMILES string of the molecule is NCc1cnc2c(Br)cccn2c1=O. The van der Waals surface area contributed by atoms with E-state index in [1.165, 1.54) is 10.6 Å². The van der Waals surface area contributed by atoms with Crippen molar-refractivity contribution in [1.29, 1.82) is 0 Å². The highest BCUT2D eigenvalue weighted by Gasteiger charge is 2.04. The Labute approximate surface area is 88.5 Å². The lowest BCUT2D eigenvalue weighted by atomic mass is 10.3. The van der Waals surface area contributed by atoms with E-state index >= 15 is 0 Å². The minimum absolute atomic E-state index is 0.112. The smallest absolute Gasteiger partial charge is 0.262 e. The van der Waals surface area contributed by atoms with Crippen molar-refractivity contribution in [2.24, 2.45) is 5.73 Å². The molecule has 0 unspecified atom stereocenters. The van der Waals surface area contributed by atoms with E-state index in [2.05, 4.69) is 20.9 Å². The van der Waals surface area contributed by atoms with Gasteiger partial charge < -0.3 is 5.73 Å². The molecule has 2 aromatic rings. The minimum Gasteiger partial charge on any atom is -0.326 e. The Kier molecular flexibility index (Phi) is 2.35. The van der Waals surface area contributed by atoms with Gasteiger partial charge >= 0.3 is 0 Å². The third kappa shape index (κ3) is 1.34. The van der Waals surface area contributed by atoms with Crippen LogP contribution in [0.25, 0.3) is 5.65 Å². The second kappa shape index (κ2) is 3.51. The van der Waals surface area contributed by atoms with Crippen LogP contribution in [0.5, 0.6) is 0 Å². The molecule has 0 saturated carbocycles. The van der Waals surface area contributed by atoms with E-state index in [0.29, 0.717) is 11.2 Å². The molecule has 14 heavy (non-hydrogen) atoms. The molecule has 2 heterocycles. The predicted octanol–water partition coefficient (Wildman–Crippen LogP) is 0.916. The van der Waals surface area contributed by atoms with Gasteiger partial charge in [0.05, 0.1) is 4.47 Å². The van der Waals surface area contributed by atoms with Crippen molar-refractivity contribution in [3.63, 3.8) is 0 Å². The number of hydrogen-bond acceptors (Lipinski definition) is 3. The molecule has 4 nitrogen and oxygen atoms in total. The summed E-state index contributed by atoms with van der Waals surface area (Å²) in [5.41, 5.74) is 6.42. The molecule has 0 fully saturated rings. The first-order chi connectivity index (χ1) is 6.74. The fraction of sp³-hybridized carbons (Fsp3) is 0.111. The summed E-state index contributed by atoms with van der Waals surface area (Å²) in [6.45, 7) is 0.210. The summed E-state index contributed by atoms with van der Waals surface area (Å²) in [5, 5.41) is 0. The molecule has 2 N–H and O–H groups in total. The van der Waals surface area contributed by atoms with Gasteiger partial charge in [-0.2, -0.15) is 0 Å². The molecule has 2 aromatic heterocycles. The standard InChI is InChI=1S/C9H8BrN3O/c10-7-2-1-3-13-8(7)12-5-6(4-11)9(13)14/h1-3,5H,4,11H2. The van der Waals surface area contributed by atoms with Crippen LogP contribution in [0.4, 0.5) is 0 Å². The summed E-state index contributed by atoms with van der Waals surface area (Å²) in [6, 6.07) is 3.62. The molecule has 2 rings (SSSR count). The highest BCUT2D eigenvalue weighted by atomic mass is 79.9. The van der Waals surface area contributed by atoms with Crippen molar-refractivity contribution in [2.45, 2.75) is 6.54 Å². The second-order valence-electron chi connectivity index (χ2n) is 2.84. The van der Waals surface area contributed by atoms with Crippen molar-refractivity contribution in [3.8, 4) is 0 Å². The number of nitrogens with zero attached hydrogens (tertiary/aromatic N) is 2. The highest BCUT2D eigenvalue weighted by molar-refractivity contribution is 9.10. The number of halogens is 1.